The zero-order valence-electron chi connectivity index (χ0n) is 15.8. The van der Waals surface area contributed by atoms with Crippen molar-refractivity contribution in [1.29, 1.82) is 0 Å². The number of hydrogen-bond acceptors (Lipinski definition) is 4. The number of rotatable bonds is 5. The molecule has 0 spiro atoms. The predicted octanol–water partition coefficient (Wildman–Crippen LogP) is 3.48. The molecule has 12 heteroatoms. The third-order valence-electron chi connectivity index (χ3n) is 4.22. The Bertz CT molecular complexity index is 1190. The molecule has 0 saturated carbocycles. The van der Waals surface area contributed by atoms with E-state index in [4.69, 9.17) is 16.7 Å². The van der Waals surface area contributed by atoms with Gasteiger partial charge in [0.1, 0.15) is 17.2 Å². The van der Waals surface area contributed by atoms with Gasteiger partial charge in [0.2, 0.25) is 0 Å². The SMILES string of the molecule is O=C(NC[C@@H](O)C(F)(F)F)c1cc(-c2ccc(Cl)cc2)nn(-c2cc(F)cc(F)c2)c1=O. The van der Waals surface area contributed by atoms with Gasteiger partial charge in [0.15, 0.2) is 6.10 Å². The zero-order valence-corrected chi connectivity index (χ0v) is 16.6. The summed E-state index contributed by atoms with van der Waals surface area (Å²) in [6, 6.07) is 9.08. The van der Waals surface area contributed by atoms with Crippen LogP contribution in [0.4, 0.5) is 22.0 Å². The summed E-state index contributed by atoms with van der Waals surface area (Å²) < 4.78 is 65.4. The summed E-state index contributed by atoms with van der Waals surface area (Å²) in [5, 5.41) is 15.3. The molecule has 6 nitrogen and oxygen atoms in total. The highest BCUT2D eigenvalue weighted by atomic mass is 35.5. The number of nitrogens with one attached hydrogen (secondary N) is 1. The van der Waals surface area contributed by atoms with E-state index in [1.807, 2.05) is 5.32 Å². The minimum atomic E-state index is -4.99. The molecule has 168 valence electrons. The van der Waals surface area contributed by atoms with Crippen LogP contribution in [0, 0.1) is 11.6 Å². The van der Waals surface area contributed by atoms with Crippen LogP contribution >= 0.6 is 11.6 Å². The predicted molar refractivity (Wildman–Crippen MR) is 105 cm³/mol. The molecule has 3 aromatic rings. The normalized spacial score (nSPS) is 12.5. The molecule has 2 N–H and O–H groups in total. The van der Waals surface area contributed by atoms with Gasteiger partial charge in [0.05, 0.1) is 17.9 Å². The molecule has 2 aromatic carbocycles. The second kappa shape index (κ2) is 9.05. The molecular formula is C20H13ClF5N3O3. The number of aliphatic hydroxyl groups is 1. The van der Waals surface area contributed by atoms with Crippen LogP contribution < -0.4 is 10.9 Å². The first-order chi connectivity index (χ1) is 15.0. The van der Waals surface area contributed by atoms with Crippen molar-refractivity contribution in [1.82, 2.24) is 15.1 Å². The first-order valence-corrected chi connectivity index (χ1v) is 9.23. The summed E-state index contributed by atoms with van der Waals surface area (Å²) in [6.07, 6.45) is -7.84. The number of amides is 1. The number of aromatic nitrogens is 2. The molecule has 1 amide bonds. The van der Waals surface area contributed by atoms with Crippen molar-refractivity contribution in [2.24, 2.45) is 0 Å². The van der Waals surface area contributed by atoms with Crippen LogP contribution in [0.25, 0.3) is 16.9 Å². The maximum Gasteiger partial charge on any atom is 0.416 e. The van der Waals surface area contributed by atoms with E-state index in [2.05, 4.69) is 5.10 Å². The van der Waals surface area contributed by atoms with Crippen LogP contribution in [-0.2, 0) is 0 Å². The molecule has 0 fully saturated rings. The van der Waals surface area contributed by atoms with Gasteiger partial charge in [-0.25, -0.2) is 8.78 Å². The average molecular weight is 474 g/mol. The lowest BCUT2D eigenvalue weighted by atomic mass is 10.1. The molecule has 1 atom stereocenters. The molecule has 32 heavy (non-hydrogen) atoms. The summed E-state index contributed by atoms with van der Waals surface area (Å²) in [7, 11) is 0. The van der Waals surface area contributed by atoms with Crippen LogP contribution in [0.1, 0.15) is 10.4 Å². The minimum absolute atomic E-state index is 0.00699. The molecule has 3 rings (SSSR count). The second-order valence-corrected chi connectivity index (χ2v) is 7.00. The molecule has 0 aliphatic rings. The van der Waals surface area contributed by atoms with Crippen molar-refractivity contribution in [3.8, 4) is 16.9 Å². The van der Waals surface area contributed by atoms with E-state index in [0.29, 0.717) is 21.3 Å². The third-order valence-corrected chi connectivity index (χ3v) is 4.47. The number of carbonyl (C=O) groups excluding carboxylic acids is 1. The maximum absolute atomic E-state index is 13.7. The summed E-state index contributed by atoms with van der Waals surface area (Å²) in [5.74, 6) is -3.30. The van der Waals surface area contributed by atoms with Crippen molar-refractivity contribution in [3.63, 3.8) is 0 Å². The summed E-state index contributed by atoms with van der Waals surface area (Å²) in [6.45, 7) is -1.21. The standard InChI is InChI=1S/C20H13ClF5N3O3/c21-11-3-1-10(2-4-11)16-8-15(18(31)27-9-17(30)20(24,25)26)19(32)29(28-16)14-6-12(22)5-13(23)7-14/h1-8,17,30H,9H2,(H,27,31)/t17-/m1/s1. The van der Waals surface area contributed by atoms with E-state index >= 15 is 0 Å². The van der Waals surface area contributed by atoms with E-state index < -0.39 is 47.5 Å². The monoisotopic (exact) mass is 473 g/mol. The van der Waals surface area contributed by atoms with Crippen molar-refractivity contribution < 1.29 is 31.9 Å². The van der Waals surface area contributed by atoms with Crippen LogP contribution in [0.3, 0.4) is 0 Å². The van der Waals surface area contributed by atoms with Crippen LogP contribution in [-0.4, -0.2) is 39.6 Å². The topological polar surface area (TPSA) is 84.2 Å². The molecule has 0 saturated heterocycles. The molecule has 1 heterocycles. The van der Waals surface area contributed by atoms with Gasteiger partial charge in [-0.1, -0.05) is 23.7 Å². The Morgan fingerprint density at radius 3 is 2.25 bits per heavy atom. The van der Waals surface area contributed by atoms with Gasteiger partial charge in [-0.3, -0.25) is 9.59 Å². The summed E-state index contributed by atoms with van der Waals surface area (Å²) in [5.41, 5.74) is -1.82. The van der Waals surface area contributed by atoms with Gasteiger partial charge in [-0.15, -0.1) is 0 Å². The van der Waals surface area contributed by atoms with Crippen molar-refractivity contribution >= 4 is 17.5 Å². The Kier molecular flexibility index (Phi) is 6.60. The lowest BCUT2D eigenvalue weighted by molar-refractivity contribution is -0.201. The second-order valence-electron chi connectivity index (χ2n) is 6.56. The fraction of sp³-hybridized carbons (Fsp3) is 0.150. The fourth-order valence-electron chi connectivity index (χ4n) is 2.66. The molecule has 0 unspecified atom stereocenters. The Morgan fingerprint density at radius 2 is 1.69 bits per heavy atom. The number of halogens is 6. The molecule has 1 aromatic heterocycles. The molecule has 0 radical (unpaired) electrons. The number of alkyl halides is 3. The van der Waals surface area contributed by atoms with Crippen LogP contribution in [0.2, 0.25) is 5.02 Å². The highest BCUT2D eigenvalue weighted by Gasteiger charge is 2.38. The molecule has 0 aliphatic heterocycles. The number of benzene rings is 2. The van der Waals surface area contributed by atoms with Gasteiger partial charge in [-0.2, -0.15) is 23.0 Å². The van der Waals surface area contributed by atoms with Gasteiger partial charge in [0.25, 0.3) is 11.5 Å². The minimum Gasteiger partial charge on any atom is -0.382 e. The van der Waals surface area contributed by atoms with E-state index in [9.17, 15) is 31.5 Å². The number of hydrogen-bond donors (Lipinski definition) is 2. The number of nitrogens with zero attached hydrogens (tertiary/aromatic N) is 2. The number of carbonyl (C=O) groups is 1. The van der Waals surface area contributed by atoms with E-state index in [-0.39, 0.29) is 11.4 Å². The fourth-order valence-corrected chi connectivity index (χ4v) is 2.78. The van der Waals surface area contributed by atoms with Crippen LogP contribution in [0.15, 0.2) is 53.3 Å². The lowest BCUT2D eigenvalue weighted by Gasteiger charge is -2.15. The van der Waals surface area contributed by atoms with Gasteiger partial charge >= 0.3 is 6.18 Å². The molecular weight excluding hydrogens is 461 g/mol. The van der Waals surface area contributed by atoms with Gasteiger partial charge < -0.3 is 10.4 Å². The highest BCUT2D eigenvalue weighted by molar-refractivity contribution is 6.30. The third kappa shape index (κ3) is 5.29. The first-order valence-electron chi connectivity index (χ1n) is 8.85. The Labute approximate surface area is 181 Å². The summed E-state index contributed by atoms with van der Waals surface area (Å²) >= 11 is 5.84. The largest absolute Gasteiger partial charge is 0.416 e. The van der Waals surface area contributed by atoms with Gasteiger partial charge in [-0.05, 0) is 30.3 Å². The smallest absolute Gasteiger partial charge is 0.382 e. The maximum atomic E-state index is 13.7. The Hall–Kier alpha value is -3.31. The van der Waals surface area contributed by atoms with Crippen molar-refractivity contribution in [3.05, 3.63) is 81.1 Å². The Morgan fingerprint density at radius 1 is 1.09 bits per heavy atom. The van der Waals surface area contributed by atoms with E-state index in [1.165, 1.54) is 24.3 Å². The Balaban J connectivity index is 2.11. The molecule has 0 bridgehead atoms. The van der Waals surface area contributed by atoms with Gasteiger partial charge in [0, 0.05) is 16.7 Å². The van der Waals surface area contributed by atoms with E-state index in [0.717, 1.165) is 18.2 Å². The molecule has 0 aliphatic carbocycles. The van der Waals surface area contributed by atoms with Crippen molar-refractivity contribution in [2.75, 3.05) is 6.54 Å². The van der Waals surface area contributed by atoms with E-state index in [1.54, 1.807) is 0 Å². The zero-order chi connectivity index (χ0) is 23.6. The lowest BCUT2D eigenvalue weighted by Crippen LogP contribution is -2.42. The summed E-state index contributed by atoms with van der Waals surface area (Å²) in [4.78, 5) is 25.3. The number of aliphatic hydroxyl groups excluding tert-OH is 1. The quantitative estimate of drug-likeness (QED) is 0.556. The van der Waals surface area contributed by atoms with Crippen LogP contribution in [0.5, 0.6) is 0 Å². The average Bonchev–Trinajstić information content (AvgIpc) is 2.71. The first kappa shape index (κ1) is 23.4. The highest BCUT2D eigenvalue weighted by Crippen LogP contribution is 2.22. The van der Waals surface area contributed by atoms with Crippen molar-refractivity contribution in [2.45, 2.75) is 12.3 Å².